The monoisotopic (exact) mass is 405 g/mol. The van der Waals surface area contributed by atoms with Crippen molar-refractivity contribution in [3.63, 3.8) is 0 Å². The van der Waals surface area contributed by atoms with Gasteiger partial charge >= 0.3 is 0 Å². The van der Waals surface area contributed by atoms with Crippen molar-refractivity contribution < 1.29 is 9.21 Å². The molecule has 0 saturated carbocycles. The first-order valence-electron chi connectivity index (χ1n) is 9.62. The van der Waals surface area contributed by atoms with Gasteiger partial charge in [-0.3, -0.25) is 9.78 Å². The highest BCUT2D eigenvalue weighted by molar-refractivity contribution is 7.18. The molecule has 1 aliphatic heterocycles. The van der Waals surface area contributed by atoms with Gasteiger partial charge < -0.3 is 9.32 Å². The van der Waals surface area contributed by atoms with E-state index in [0.29, 0.717) is 29.6 Å². The molecule has 29 heavy (non-hydrogen) atoms. The first kappa shape index (κ1) is 17.9. The standard InChI is InChI=1S/C21H19N5O2S/c1-13-23-15-9-8-14(12-18(15)29-13)21(27)26-11-5-3-7-17(26)20-25-24-19(28-20)16-6-2-4-10-22-16/h2,4,6,8-10,12,17H,3,5,7,11H2,1H3/t17-/m1/s1. The molecule has 1 aromatic carbocycles. The number of aromatic nitrogens is 4. The van der Waals surface area contributed by atoms with E-state index in [2.05, 4.69) is 20.2 Å². The quantitative estimate of drug-likeness (QED) is 0.502. The Kier molecular flexibility index (Phi) is 4.55. The molecule has 1 atom stereocenters. The van der Waals surface area contributed by atoms with Crippen LogP contribution in [0.2, 0.25) is 0 Å². The van der Waals surface area contributed by atoms with Crippen molar-refractivity contribution in [2.75, 3.05) is 6.54 Å². The summed E-state index contributed by atoms with van der Waals surface area (Å²) >= 11 is 1.60. The van der Waals surface area contributed by atoms with E-state index >= 15 is 0 Å². The van der Waals surface area contributed by atoms with Gasteiger partial charge in [0.15, 0.2) is 0 Å². The molecule has 0 spiro atoms. The first-order valence-corrected chi connectivity index (χ1v) is 10.4. The minimum Gasteiger partial charge on any atom is -0.417 e. The van der Waals surface area contributed by atoms with Gasteiger partial charge in [0.05, 0.1) is 15.2 Å². The molecule has 5 rings (SSSR count). The summed E-state index contributed by atoms with van der Waals surface area (Å²) in [4.78, 5) is 23.9. The largest absolute Gasteiger partial charge is 0.417 e. The van der Waals surface area contributed by atoms with Gasteiger partial charge in [-0.1, -0.05) is 6.07 Å². The highest BCUT2D eigenvalue weighted by Gasteiger charge is 2.33. The molecule has 146 valence electrons. The van der Waals surface area contributed by atoms with Crippen LogP contribution in [0.3, 0.4) is 0 Å². The summed E-state index contributed by atoms with van der Waals surface area (Å²) in [5.74, 6) is 0.828. The normalized spacial score (nSPS) is 17.0. The highest BCUT2D eigenvalue weighted by Crippen LogP contribution is 2.33. The van der Waals surface area contributed by atoms with E-state index in [9.17, 15) is 4.79 Å². The minimum atomic E-state index is -0.222. The number of fused-ring (bicyclic) bond motifs is 1. The molecule has 1 amide bonds. The Labute approximate surface area is 171 Å². The molecule has 8 heteroatoms. The van der Waals surface area contributed by atoms with Crippen LogP contribution >= 0.6 is 11.3 Å². The zero-order valence-corrected chi connectivity index (χ0v) is 16.7. The lowest BCUT2D eigenvalue weighted by Gasteiger charge is -2.33. The molecule has 4 aromatic rings. The molecule has 7 nitrogen and oxygen atoms in total. The second-order valence-electron chi connectivity index (χ2n) is 7.09. The zero-order valence-electron chi connectivity index (χ0n) is 15.9. The van der Waals surface area contributed by atoms with E-state index in [4.69, 9.17) is 4.42 Å². The van der Waals surface area contributed by atoms with Gasteiger partial charge in [-0.2, -0.15) is 0 Å². The summed E-state index contributed by atoms with van der Waals surface area (Å²) in [6.45, 7) is 2.64. The lowest BCUT2D eigenvalue weighted by molar-refractivity contribution is 0.0572. The number of hydrogen-bond acceptors (Lipinski definition) is 7. The van der Waals surface area contributed by atoms with Crippen molar-refractivity contribution in [3.05, 3.63) is 59.1 Å². The summed E-state index contributed by atoms with van der Waals surface area (Å²) in [5, 5.41) is 9.38. The van der Waals surface area contributed by atoms with Gasteiger partial charge in [-0.25, -0.2) is 4.98 Å². The first-order chi connectivity index (χ1) is 14.2. The maximum Gasteiger partial charge on any atom is 0.266 e. The van der Waals surface area contributed by atoms with Crippen LogP contribution in [0.25, 0.3) is 21.8 Å². The molecule has 4 heterocycles. The Bertz CT molecular complexity index is 1170. The molecule has 0 unspecified atom stereocenters. The average molecular weight is 405 g/mol. The fraction of sp³-hybridized carbons (Fsp3) is 0.286. The number of amides is 1. The van der Waals surface area contributed by atoms with Gasteiger partial charge in [0, 0.05) is 18.3 Å². The van der Waals surface area contributed by atoms with E-state index < -0.39 is 0 Å². The lowest BCUT2D eigenvalue weighted by atomic mass is 10.0. The Morgan fingerprint density at radius 1 is 1.21 bits per heavy atom. The number of piperidine rings is 1. The number of carbonyl (C=O) groups is 1. The number of pyridine rings is 1. The number of hydrogen-bond donors (Lipinski definition) is 0. The second-order valence-corrected chi connectivity index (χ2v) is 8.32. The minimum absolute atomic E-state index is 0.0137. The van der Waals surface area contributed by atoms with E-state index in [0.717, 1.165) is 34.5 Å². The molecule has 0 radical (unpaired) electrons. The molecule has 1 aliphatic rings. The summed E-state index contributed by atoms with van der Waals surface area (Å²) in [7, 11) is 0. The van der Waals surface area contributed by atoms with Gasteiger partial charge in [0.2, 0.25) is 5.89 Å². The van der Waals surface area contributed by atoms with E-state index in [-0.39, 0.29) is 11.9 Å². The van der Waals surface area contributed by atoms with Crippen molar-refractivity contribution in [3.8, 4) is 11.6 Å². The summed E-state index contributed by atoms with van der Waals surface area (Å²) < 4.78 is 6.94. The summed E-state index contributed by atoms with van der Waals surface area (Å²) in [5.41, 5.74) is 2.22. The van der Waals surface area contributed by atoms with Crippen molar-refractivity contribution in [2.45, 2.75) is 32.2 Å². The van der Waals surface area contributed by atoms with Crippen LogP contribution in [0.4, 0.5) is 0 Å². The van der Waals surface area contributed by atoms with Gasteiger partial charge in [-0.05, 0) is 56.5 Å². The highest BCUT2D eigenvalue weighted by atomic mass is 32.1. The van der Waals surface area contributed by atoms with Crippen LogP contribution in [0.5, 0.6) is 0 Å². The predicted molar refractivity (Wildman–Crippen MR) is 110 cm³/mol. The van der Waals surface area contributed by atoms with Gasteiger partial charge in [-0.15, -0.1) is 21.5 Å². The number of rotatable bonds is 3. The fourth-order valence-corrected chi connectivity index (χ4v) is 4.60. The summed E-state index contributed by atoms with van der Waals surface area (Å²) in [6.07, 6.45) is 4.47. The number of aryl methyl sites for hydroxylation is 1. The summed E-state index contributed by atoms with van der Waals surface area (Å²) in [6, 6.07) is 11.0. The second kappa shape index (κ2) is 7.36. The molecule has 0 N–H and O–H groups in total. The SMILES string of the molecule is Cc1nc2ccc(C(=O)N3CCCC[C@@H]3c3nnc(-c4ccccn4)o3)cc2s1. The maximum atomic E-state index is 13.3. The molecule has 1 saturated heterocycles. The van der Waals surface area contributed by atoms with Crippen molar-refractivity contribution >= 4 is 27.5 Å². The van der Waals surface area contributed by atoms with Crippen LogP contribution < -0.4 is 0 Å². The van der Waals surface area contributed by atoms with E-state index in [1.807, 2.05) is 48.2 Å². The third-order valence-corrected chi connectivity index (χ3v) is 6.05. The number of likely N-dealkylation sites (tertiary alicyclic amines) is 1. The van der Waals surface area contributed by atoms with E-state index in [1.54, 1.807) is 17.5 Å². The molecular weight excluding hydrogens is 386 g/mol. The lowest BCUT2D eigenvalue weighted by Crippen LogP contribution is -2.38. The molecular formula is C21H19N5O2S. The third-order valence-electron chi connectivity index (χ3n) is 5.12. The van der Waals surface area contributed by atoms with Crippen molar-refractivity contribution in [1.29, 1.82) is 0 Å². The molecule has 3 aromatic heterocycles. The third kappa shape index (κ3) is 3.40. The van der Waals surface area contributed by atoms with Crippen LogP contribution in [-0.4, -0.2) is 37.5 Å². The number of benzene rings is 1. The zero-order chi connectivity index (χ0) is 19.8. The number of carbonyl (C=O) groups excluding carboxylic acids is 1. The number of thiazole rings is 1. The van der Waals surface area contributed by atoms with Gasteiger partial charge in [0.25, 0.3) is 11.8 Å². The van der Waals surface area contributed by atoms with Crippen LogP contribution in [0.15, 0.2) is 47.0 Å². The van der Waals surface area contributed by atoms with Gasteiger partial charge in [0.1, 0.15) is 11.7 Å². The van der Waals surface area contributed by atoms with Crippen LogP contribution in [0, 0.1) is 6.92 Å². The van der Waals surface area contributed by atoms with Crippen molar-refractivity contribution in [1.82, 2.24) is 25.1 Å². The molecule has 0 aliphatic carbocycles. The Balaban J connectivity index is 1.45. The fourth-order valence-electron chi connectivity index (χ4n) is 3.73. The predicted octanol–water partition coefficient (Wildman–Crippen LogP) is 4.42. The smallest absolute Gasteiger partial charge is 0.266 e. The Morgan fingerprint density at radius 2 is 2.14 bits per heavy atom. The topological polar surface area (TPSA) is 85.0 Å². The van der Waals surface area contributed by atoms with Crippen LogP contribution in [0.1, 0.15) is 46.6 Å². The van der Waals surface area contributed by atoms with E-state index in [1.165, 1.54) is 0 Å². The van der Waals surface area contributed by atoms with Crippen LogP contribution in [-0.2, 0) is 0 Å². The molecule has 0 bridgehead atoms. The average Bonchev–Trinajstić information content (AvgIpc) is 3.39. The van der Waals surface area contributed by atoms with Crippen molar-refractivity contribution in [2.24, 2.45) is 0 Å². The Morgan fingerprint density at radius 3 is 3.00 bits per heavy atom. The maximum absolute atomic E-state index is 13.3. The number of nitrogens with zero attached hydrogens (tertiary/aromatic N) is 5. The molecule has 1 fully saturated rings. The Hall–Kier alpha value is -3.13.